The van der Waals surface area contributed by atoms with Crippen LogP contribution in [0.2, 0.25) is 0 Å². The van der Waals surface area contributed by atoms with Crippen LogP contribution in [-0.2, 0) is 6.61 Å². The predicted molar refractivity (Wildman–Crippen MR) is 159 cm³/mol. The number of Topliss-reactive ketones (excluding diaryl/α,β-unsaturated/α-hetero) is 1. The van der Waals surface area contributed by atoms with Gasteiger partial charge in [-0.1, -0.05) is 48.5 Å². The Morgan fingerprint density at radius 1 is 1.02 bits per heavy atom. The van der Waals surface area contributed by atoms with E-state index in [-0.39, 0.29) is 24.1 Å². The minimum absolute atomic E-state index is 0.0217. The monoisotopic (exact) mass is 569 g/mol. The van der Waals surface area contributed by atoms with Crippen molar-refractivity contribution in [3.05, 3.63) is 89.5 Å². The minimum atomic E-state index is -0.647. The molecule has 1 spiro atoms. The third-order valence-corrected chi connectivity index (χ3v) is 8.73. The summed E-state index contributed by atoms with van der Waals surface area (Å²) in [6.07, 6.45) is 1.34. The standard InChI is InChI=1S/C32H31N3O5S/c1-2-33-31(38)34-29-28(23-10-6-7-11-27(23)41-29)30(37)35-16-14-32(15-17-35)19-25(36)24-18-22(12-13-26(24)40-32)39-20-21-8-4-3-5-9-21/h3-13,18H,2,14-17,19-20H2,1H3,(H2,33,34,38). The highest BCUT2D eigenvalue weighted by atomic mass is 32.1. The summed E-state index contributed by atoms with van der Waals surface area (Å²) < 4.78 is 13.3. The quantitative estimate of drug-likeness (QED) is 0.286. The number of nitrogens with zero attached hydrogens (tertiary/aromatic N) is 1. The molecule has 0 radical (unpaired) electrons. The first-order valence-electron chi connectivity index (χ1n) is 13.8. The van der Waals surface area contributed by atoms with Crippen LogP contribution in [0.5, 0.6) is 11.5 Å². The van der Waals surface area contributed by atoms with Crippen molar-refractivity contribution in [1.29, 1.82) is 0 Å². The largest absolute Gasteiger partial charge is 0.489 e. The normalized spacial score (nSPS) is 15.7. The Morgan fingerprint density at radius 2 is 1.78 bits per heavy atom. The number of hydrogen-bond acceptors (Lipinski definition) is 6. The summed E-state index contributed by atoms with van der Waals surface area (Å²) in [7, 11) is 0. The van der Waals surface area contributed by atoms with Crippen molar-refractivity contribution in [2.75, 3.05) is 25.0 Å². The molecule has 6 rings (SSSR count). The lowest BCUT2D eigenvalue weighted by Gasteiger charge is -2.44. The van der Waals surface area contributed by atoms with Crippen LogP contribution in [0.4, 0.5) is 9.80 Å². The molecule has 4 aromatic rings. The molecule has 41 heavy (non-hydrogen) atoms. The van der Waals surface area contributed by atoms with Gasteiger partial charge in [0.1, 0.15) is 28.7 Å². The van der Waals surface area contributed by atoms with Gasteiger partial charge < -0.3 is 19.7 Å². The zero-order chi connectivity index (χ0) is 28.4. The molecule has 2 aliphatic heterocycles. The van der Waals surface area contributed by atoms with E-state index < -0.39 is 5.60 Å². The van der Waals surface area contributed by atoms with E-state index in [1.54, 1.807) is 11.0 Å². The van der Waals surface area contributed by atoms with Crippen LogP contribution < -0.4 is 20.1 Å². The molecule has 0 aliphatic carbocycles. The van der Waals surface area contributed by atoms with E-state index in [0.29, 0.717) is 66.7 Å². The van der Waals surface area contributed by atoms with Crippen molar-refractivity contribution in [2.45, 2.75) is 38.4 Å². The van der Waals surface area contributed by atoms with E-state index in [0.717, 1.165) is 15.6 Å². The van der Waals surface area contributed by atoms with Crippen LogP contribution in [0.1, 0.15) is 52.5 Å². The molecule has 0 atom stereocenters. The highest BCUT2D eigenvalue weighted by Crippen LogP contribution is 2.42. The second kappa shape index (κ2) is 11.2. The first-order chi connectivity index (χ1) is 19.9. The SMILES string of the molecule is CCNC(=O)Nc1sc2ccccc2c1C(=O)N1CCC2(CC1)CC(=O)c1cc(OCc3ccccc3)ccc1O2. The Kier molecular flexibility index (Phi) is 7.36. The number of piperidine rings is 1. The van der Waals surface area contributed by atoms with E-state index in [4.69, 9.17) is 9.47 Å². The van der Waals surface area contributed by atoms with Gasteiger partial charge in [0.25, 0.3) is 5.91 Å². The number of carbonyl (C=O) groups is 3. The Morgan fingerprint density at radius 3 is 2.56 bits per heavy atom. The summed E-state index contributed by atoms with van der Waals surface area (Å²) in [5.41, 5.74) is 1.44. The van der Waals surface area contributed by atoms with Crippen molar-refractivity contribution in [3.8, 4) is 11.5 Å². The lowest BCUT2D eigenvalue weighted by Crippen LogP contribution is -2.52. The molecule has 8 nitrogen and oxygen atoms in total. The summed E-state index contributed by atoms with van der Waals surface area (Å²) in [6, 6.07) is 22.6. The minimum Gasteiger partial charge on any atom is -0.489 e. The number of amides is 3. The van der Waals surface area contributed by atoms with Crippen LogP contribution in [0.25, 0.3) is 10.1 Å². The van der Waals surface area contributed by atoms with Crippen molar-refractivity contribution in [2.24, 2.45) is 0 Å². The fraction of sp³-hybridized carbons (Fsp3) is 0.281. The van der Waals surface area contributed by atoms with Gasteiger partial charge >= 0.3 is 6.03 Å². The maximum atomic E-state index is 13.8. The van der Waals surface area contributed by atoms with Gasteiger partial charge in [-0.05, 0) is 36.8 Å². The fourth-order valence-corrected chi connectivity index (χ4v) is 6.60. The number of benzene rings is 3. The molecule has 1 aromatic heterocycles. The first-order valence-corrected chi connectivity index (χ1v) is 14.6. The number of nitrogens with one attached hydrogen (secondary N) is 2. The van der Waals surface area contributed by atoms with Gasteiger partial charge in [0.05, 0.1) is 17.5 Å². The number of ketones is 1. The average Bonchev–Trinajstić information content (AvgIpc) is 3.34. The number of hydrogen-bond donors (Lipinski definition) is 2. The van der Waals surface area contributed by atoms with E-state index >= 15 is 0 Å². The number of likely N-dealkylation sites (tertiary alicyclic amines) is 1. The van der Waals surface area contributed by atoms with Crippen molar-refractivity contribution in [3.63, 3.8) is 0 Å². The number of urea groups is 1. The molecule has 9 heteroatoms. The lowest BCUT2D eigenvalue weighted by atomic mass is 9.82. The molecule has 1 fully saturated rings. The summed E-state index contributed by atoms with van der Waals surface area (Å²) >= 11 is 1.39. The van der Waals surface area contributed by atoms with Crippen molar-refractivity contribution >= 4 is 44.1 Å². The van der Waals surface area contributed by atoms with Crippen LogP contribution in [0, 0.1) is 0 Å². The van der Waals surface area contributed by atoms with Gasteiger partial charge in [0.2, 0.25) is 0 Å². The van der Waals surface area contributed by atoms with Gasteiger partial charge in [-0.2, -0.15) is 0 Å². The van der Waals surface area contributed by atoms with Gasteiger partial charge in [0.15, 0.2) is 5.78 Å². The second-order valence-electron chi connectivity index (χ2n) is 10.4. The Hall–Kier alpha value is -4.37. The number of thiophene rings is 1. The molecule has 3 amide bonds. The summed E-state index contributed by atoms with van der Waals surface area (Å²) in [6.45, 7) is 3.64. The van der Waals surface area contributed by atoms with E-state index in [9.17, 15) is 14.4 Å². The highest BCUT2D eigenvalue weighted by molar-refractivity contribution is 7.23. The lowest BCUT2D eigenvalue weighted by molar-refractivity contribution is -0.00570. The van der Waals surface area contributed by atoms with Gasteiger partial charge in [-0.15, -0.1) is 11.3 Å². The fourth-order valence-electron chi connectivity index (χ4n) is 5.51. The third-order valence-electron chi connectivity index (χ3n) is 7.64. The highest BCUT2D eigenvalue weighted by Gasteiger charge is 2.44. The number of rotatable bonds is 6. The molecule has 210 valence electrons. The second-order valence-corrected chi connectivity index (χ2v) is 11.4. The van der Waals surface area contributed by atoms with Crippen LogP contribution in [0.3, 0.4) is 0 Å². The van der Waals surface area contributed by atoms with E-state index in [1.165, 1.54) is 11.3 Å². The van der Waals surface area contributed by atoms with Gasteiger partial charge in [0, 0.05) is 42.6 Å². The van der Waals surface area contributed by atoms with Crippen LogP contribution in [0.15, 0.2) is 72.8 Å². The maximum absolute atomic E-state index is 13.8. The smallest absolute Gasteiger partial charge is 0.319 e. The van der Waals surface area contributed by atoms with Crippen molar-refractivity contribution < 1.29 is 23.9 Å². The molecule has 0 bridgehead atoms. The summed E-state index contributed by atoms with van der Waals surface area (Å²) in [4.78, 5) is 41.2. The summed E-state index contributed by atoms with van der Waals surface area (Å²) in [5, 5.41) is 6.94. The molecule has 3 heterocycles. The molecular formula is C32H31N3O5S. The predicted octanol–water partition coefficient (Wildman–Crippen LogP) is 6.26. The van der Waals surface area contributed by atoms with Gasteiger partial charge in [-0.25, -0.2) is 4.79 Å². The topological polar surface area (TPSA) is 97.0 Å². The van der Waals surface area contributed by atoms with Crippen molar-refractivity contribution in [1.82, 2.24) is 10.2 Å². The number of fused-ring (bicyclic) bond motifs is 2. The Balaban J connectivity index is 1.15. The molecule has 2 aliphatic rings. The molecule has 1 saturated heterocycles. The van der Waals surface area contributed by atoms with E-state index in [2.05, 4.69) is 10.6 Å². The molecular weight excluding hydrogens is 538 g/mol. The third kappa shape index (κ3) is 5.50. The first kappa shape index (κ1) is 26.8. The number of anilines is 1. The van der Waals surface area contributed by atoms with Crippen LogP contribution in [-0.4, -0.2) is 47.9 Å². The average molecular weight is 570 g/mol. The van der Waals surface area contributed by atoms with E-state index in [1.807, 2.05) is 73.7 Å². The molecule has 0 saturated carbocycles. The zero-order valence-electron chi connectivity index (χ0n) is 22.8. The molecule has 2 N–H and O–H groups in total. The Bertz CT molecular complexity index is 1610. The zero-order valence-corrected chi connectivity index (χ0v) is 23.6. The van der Waals surface area contributed by atoms with Gasteiger partial charge in [-0.3, -0.25) is 14.9 Å². The van der Waals surface area contributed by atoms with Crippen LogP contribution >= 0.6 is 11.3 Å². The molecule has 3 aromatic carbocycles. The Labute approximate surface area is 242 Å². The number of ether oxygens (including phenoxy) is 2. The summed E-state index contributed by atoms with van der Waals surface area (Å²) in [5.74, 6) is 1.08. The molecule has 0 unspecified atom stereocenters. The number of carbonyl (C=O) groups excluding carboxylic acids is 3. The maximum Gasteiger partial charge on any atom is 0.319 e.